The summed E-state index contributed by atoms with van der Waals surface area (Å²) in [6.07, 6.45) is 3.40. The van der Waals surface area contributed by atoms with E-state index >= 15 is 0 Å². The number of hydrogen-bond donors (Lipinski definition) is 1. The van der Waals surface area contributed by atoms with Gasteiger partial charge in [0.25, 0.3) is 0 Å². The first-order valence-corrected chi connectivity index (χ1v) is 10.6. The van der Waals surface area contributed by atoms with E-state index in [-0.39, 0.29) is 24.4 Å². The molecule has 1 fully saturated rings. The molecule has 1 saturated heterocycles. The molecule has 0 aliphatic carbocycles. The van der Waals surface area contributed by atoms with Gasteiger partial charge in [0.05, 0.1) is 10.8 Å². The van der Waals surface area contributed by atoms with Crippen molar-refractivity contribution in [2.75, 3.05) is 13.1 Å². The van der Waals surface area contributed by atoms with Crippen LogP contribution in [0.25, 0.3) is 0 Å². The van der Waals surface area contributed by atoms with E-state index in [1.54, 1.807) is 6.07 Å². The molecule has 0 spiro atoms. The minimum Gasteiger partial charge on any atom is -0.353 e. The lowest BCUT2D eigenvalue weighted by Crippen LogP contribution is -2.47. The molecule has 6 heteroatoms. The van der Waals surface area contributed by atoms with Crippen LogP contribution < -0.4 is 5.32 Å². The number of aryl methyl sites for hydroxylation is 2. The third kappa shape index (κ3) is 4.82. The predicted octanol–water partition coefficient (Wildman–Crippen LogP) is 3.01. The molecule has 0 radical (unpaired) electrons. The highest BCUT2D eigenvalue weighted by Crippen LogP contribution is 2.26. The molecular formula is C19H30N2O3S. The molecule has 0 saturated carbocycles. The van der Waals surface area contributed by atoms with Gasteiger partial charge in [0.2, 0.25) is 15.9 Å². The van der Waals surface area contributed by atoms with Crippen LogP contribution >= 0.6 is 0 Å². The zero-order valence-corrected chi connectivity index (χ0v) is 16.5. The van der Waals surface area contributed by atoms with E-state index in [1.165, 1.54) is 4.31 Å². The Morgan fingerprint density at radius 3 is 2.76 bits per heavy atom. The van der Waals surface area contributed by atoms with E-state index in [2.05, 4.69) is 12.2 Å². The van der Waals surface area contributed by atoms with Crippen LogP contribution in [-0.2, 0) is 14.8 Å². The summed E-state index contributed by atoms with van der Waals surface area (Å²) >= 11 is 0. The van der Waals surface area contributed by atoms with Crippen molar-refractivity contribution in [1.29, 1.82) is 0 Å². The molecule has 1 aliphatic rings. The molecule has 1 heterocycles. The van der Waals surface area contributed by atoms with Crippen LogP contribution in [0.5, 0.6) is 0 Å². The van der Waals surface area contributed by atoms with E-state index in [0.717, 1.165) is 30.4 Å². The number of amides is 1. The highest BCUT2D eigenvalue weighted by molar-refractivity contribution is 7.89. The smallest absolute Gasteiger partial charge is 0.243 e. The first kappa shape index (κ1) is 19.9. The topological polar surface area (TPSA) is 66.5 Å². The van der Waals surface area contributed by atoms with Gasteiger partial charge in [-0.2, -0.15) is 4.31 Å². The molecule has 0 aromatic heterocycles. The van der Waals surface area contributed by atoms with Crippen LogP contribution in [0.4, 0.5) is 0 Å². The number of nitrogens with zero attached hydrogens (tertiary/aromatic N) is 1. The maximum absolute atomic E-state index is 13.0. The third-order valence-corrected chi connectivity index (χ3v) is 6.83. The summed E-state index contributed by atoms with van der Waals surface area (Å²) in [6.45, 7) is 8.52. The Balaban J connectivity index is 2.14. The van der Waals surface area contributed by atoms with E-state index in [4.69, 9.17) is 0 Å². The number of piperidine rings is 1. The minimum atomic E-state index is -3.57. The summed E-state index contributed by atoms with van der Waals surface area (Å²) < 4.78 is 27.6. The van der Waals surface area contributed by atoms with Crippen LogP contribution in [0.1, 0.15) is 50.7 Å². The van der Waals surface area contributed by atoms with E-state index in [1.807, 2.05) is 32.9 Å². The highest BCUT2D eigenvalue weighted by Gasteiger charge is 2.34. The van der Waals surface area contributed by atoms with Crippen LogP contribution in [0.2, 0.25) is 0 Å². The number of carbonyl (C=O) groups excluding carboxylic acids is 1. The summed E-state index contributed by atoms with van der Waals surface area (Å²) in [7, 11) is -3.57. The molecule has 2 atom stereocenters. The van der Waals surface area contributed by atoms with Gasteiger partial charge >= 0.3 is 0 Å². The number of carbonyl (C=O) groups is 1. The van der Waals surface area contributed by atoms with Gasteiger partial charge in [0.1, 0.15) is 0 Å². The summed E-state index contributed by atoms with van der Waals surface area (Å²) in [5.41, 5.74) is 1.66. The standard InChI is InChI=1S/C19H30N2O3S/c1-5-7-16(4)20-19(22)17-8-6-11-21(13-17)25(23,24)18-12-14(2)9-10-15(18)3/h9-10,12,16-17H,5-8,11,13H2,1-4H3,(H,20,22)/t16-,17-/m1/s1. The predicted molar refractivity (Wildman–Crippen MR) is 99.9 cm³/mol. The van der Waals surface area contributed by atoms with Crippen molar-refractivity contribution in [2.24, 2.45) is 5.92 Å². The van der Waals surface area contributed by atoms with Crippen molar-refractivity contribution in [3.05, 3.63) is 29.3 Å². The van der Waals surface area contributed by atoms with Crippen molar-refractivity contribution in [3.8, 4) is 0 Å². The number of rotatable bonds is 6. The fourth-order valence-corrected chi connectivity index (χ4v) is 5.20. The van der Waals surface area contributed by atoms with Crippen LogP contribution in [-0.4, -0.2) is 37.8 Å². The van der Waals surface area contributed by atoms with Gasteiger partial charge in [0.15, 0.2) is 0 Å². The van der Waals surface area contributed by atoms with E-state index in [9.17, 15) is 13.2 Å². The summed E-state index contributed by atoms with van der Waals surface area (Å²) in [5, 5.41) is 3.02. The molecular weight excluding hydrogens is 336 g/mol. The molecule has 0 bridgehead atoms. The average Bonchev–Trinajstić information content (AvgIpc) is 2.57. The normalized spacial score (nSPS) is 20.2. The molecule has 1 aromatic carbocycles. The second kappa shape index (κ2) is 8.32. The van der Waals surface area contributed by atoms with Gasteiger partial charge in [0, 0.05) is 19.1 Å². The zero-order valence-electron chi connectivity index (χ0n) is 15.7. The Bertz CT molecular complexity index is 715. The lowest BCUT2D eigenvalue weighted by molar-refractivity contribution is -0.126. The monoisotopic (exact) mass is 366 g/mol. The van der Waals surface area contributed by atoms with Crippen molar-refractivity contribution in [2.45, 2.75) is 64.3 Å². The number of hydrogen-bond acceptors (Lipinski definition) is 3. The second-order valence-electron chi connectivity index (χ2n) is 7.17. The minimum absolute atomic E-state index is 0.0261. The maximum atomic E-state index is 13.0. The third-order valence-electron chi connectivity index (χ3n) is 4.83. The fourth-order valence-electron chi connectivity index (χ4n) is 3.36. The Hall–Kier alpha value is -1.40. The van der Waals surface area contributed by atoms with Crippen molar-refractivity contribution < 1.29 is 13.2 Å². The number of nitrogens with one attached hydrogen (secondary N) is 1. The van der Waals surface area contributed by atoms with Crippen LogP contribution in [0.15, 0.2) is 23.1 Å². The lowest BCUT2D eigenvalue weighted by Gasteiger charge is -2.32. The zero-order chi connectivity index (χ0) is 18.6. The largest absolute Gasteiger partial charge is 0.353 e. The lowest BCUT2D eigenvalue weighted by atomic mass is 9.98. The maximum Gasteiger partial charge on any atom is 0.243 e. The quantitative estimate of drug-likeness (QED) is 0.841. The Labute approximate surface area is 151 Å². The molecule has 5 nitrogen and oxygen atoms in total. The van der Waals surface area contributed by atoms with E-state index < -0.39 is 10.0 Å². The molecule has 140 valence electrons. The number of benzene rings is 1. The number of sulfonamides is 1. The van der Waals surface area contributed by atoms with Gasteiger partial charge in [-0.1, -0.05) is 25.5 Å². The van der Waals surface area contributed by atoms with Crippen molar-refractivity contribution >= 4 is 15.9 Å². The van der Waals surface area contributed by atoms with Crippen molar-refractivity contribution in [3.63, 3.8) is 0 Å². The van der Waals surface area contributed by atoms with Gasteiger partial charge in [-0.25, -0.2) is 8.42 Å². The SMILES string of the molecule is CCC[C@@H](C)NC(=O)[C@@H]1CCCN(S(=O)(=O)c2cc(C)ccc2C)C1. The first-order valence-electron chi connectivity index (χ1n) is 9.13. The molecule has 1 amide bonds. The van der Waals surface area contributed by atoms with Crippen molar-refractivity contribution in [1.82, 2.24) is 9.62 Å². The highest BCUT2D eigenvalue weighted by atomic mass is 32.2. The average molecular weight is 367 g/mol. The summed E-state index contributed by atoms with van der Waals surface area (Å²) in [6, 6.07) is 5.60. The van der Waals surface area contributed by atoms with Crippen LogP contribution in [0, 0.1) is 19.8 Å². The summed E-state index contributed by atoms with van der Waals surface area (Å²) in [5.74, 6) is -0.297. The molecule has 1 aliphatic heterocycles. The van der Waals surface area contributed by atoms with Gasteiger partial charge < -0.3 is 5.32 Å². The fraction of sp³-hybridized carbons (Fsp3) is 0.632. The van der Waals surface area contributed by atoms with Gasteiger partial charge in [-0.15, -0.1) is 0 Å². The Morgan fingerprint density at radius 2 is 2.08 bits per heavy atom. The molecule has 2 rings (SSSR count). The molecule has 1 N–H and O–H groups in total. The second-order valence-corrected chi connectivity index (χ2v) is 9.08. The molecule has 0 unspecified atom stereocenters. The van der Waals surface area contributed by atoms with Gasteiger partial charge in [-0.3, -0.25) is 4.79 Å². The van der Waals surface area contributed by atoms with Crippen LogP contribution in [0.3, 0.4) is 0 Å². The molecule has 1 aromatic rings. The van der Waals surface area contributed by atoms with Gasteiger partial charge in [-0.05, 0) is 57.2 Å². The summed E-state index contributed by atoms with van der Waals surface area (Å²) in [4.78, 5) is 12.8. The Kier molecular flexibility index (Phi) is 6.63. The first-order chi connectivity index (χ1) is 11.8. The molecule has 25 heavy (non-hydrogen) atoms. The van der Waals surface area contributed by atoms with E-state index in [0.29, 0.717) is 17.9 Å². The Morgan fingerprint density at radius 1 is 1.36 bits per heavy atom.